The van der Waals surface area contributed by atoms with Gasteiger partial charge in [-0.05, 0) is 28.2 Å². The van der Waals surface area contributed by atoms with Crippen molar-refractivity contribution in [2.24, 2.45) is 0 Å². The highest BCUT2D eigenvalue weighted by atomic mass is 16.8. The van der Waals surface area contributed by atoms with Gasteiger partial charge in [0.25, 0.3) is 0 Å². The number of rotatable bonds is 1. The van der Waals surface area contributed by atoms with E-state index in [1.165, 1.54) is 0 Å². The van der Waals surface area contributed by atoms with E-state index in [0.29, 0.717) is 15.9 Å². The molecule has 1 heterocycles. The SMILES string of the molecule is [O-][n+]1onc2cc(-c3ccccc3)ccc21. The van der Waals surface area contributed by atoms with Gasteiger partial charge in [-0.3, -0.25) is 4.63 Å². The Bertz CT molecular complexity index is 632. The van der Waals surface area contributed by atoms with E-state index < -0.39 is 0 Å². The maximum atomic E-state index is 11.1. The molecule has 0 atom stereocenters. The molecule has 0 amide bonds. The molecule has 0 saturated carbocycles. The van der Waals surface area contributed by atoms with Crippen LogP contribution in [-0.2, 0) is 0 Å². The number of benzene rings is 2. The third-order valence-corrected chi connectivity index (χ3v) is 2.49. The third-order valence-electron chi connectivity index (χ3n) is 2.49. The number of aromatic nitrogens is 2. The van der Waals surface area contributed by atoms with Gasteiger partial charge in [0, 0.05) is 11.2 Å². The second kappa shape index (κ2) is 3.34. The molecule has 0 aliphatic rings. The first-order valence-corrected chi connectivity index (χ1v) is 4.89. The fourth-order valence-electron chi connectivity index (χ4n) is 1.69. The molecule has 1 aromatic heterocycles. The summed E-state index contributed by atoms with van der Waals surface area (Å²) in [6.07, 6.45) is 0. The molecule has 4 nitrogen and oxygen atoms in total. The molecule has 0 fully saturated rings. The van der Waals surface area contributed by atoms with Gasteiger partial charge in [0.15, 0.2) is 0 Å². The Morgan fingerprint density at radius 1 is 1.00 bits per heavy atom. The molecule has 16 heavy (non-hydrogen) atoms. The lowest BCUT2D eigenvalue weighted by atomic mass is 10.1. The fourth-order valence-corrected chi connectivity index (χ4v) is 1.69. The first kappa shape index (κ1) is 8.91. The van der Waals surface area contributed by atoms with E-state index in [4.69, 9.17) is 0 Å². The second-order valence-corrected chi connectivity index (χ2v) is 3.50. The Balaban J connectivity index is 2.19. The van der Waals surface area contributed by atoms with E-state index in [2.05, 4.69) is 9.79 Å². The topological polar surface area (TPSA) is 53.0 Å². The number of hydrogen-bond acceptors (Lipinski definition) is 3. The third kappa shape index (κ3) is 1.32. The lowest BCUT2D eigenvalue weighted by molar-refractivity contribution is -0.782. The molecule has 0 unspecified atom stereocenters. The van der Waals surface area contributed by atoms with Crippen LogP contribution in [-0.4, -0.2) is 5.16 Å². The van der Waals surface area contributed by atoms with E-state index in [1.807, 2.05) is 42.5 Å². The Morgan fingerprint density at radius 2 is 1.81 bits per heavy atom. The molecule has 0 aliphatic carbocycles. The minimum absolute atomic E-state index is 0.407. The van der Waals surface area contributed by atoms with Crippen LogP contribution >= 0.6 is 0 Å². The van der Waals surface area contributed by atoms with Gasteiger partial charge in [-0.25, -0.2) is 0 Å². The van der Waals surface area contributed by atoms with Crippen molar-refractivity contribution in [3.63, 3.8) is 0 Å². The van der Waals surface area contributed by atoms with Gasteiger partial charge in [0.1, 0.15) is 0 Å². The summed E-state index contributed by atoms with van der Waals surface area (Å²) in [6, 6.07) is 15.3. The summed E-state index contributed by atoms with van der Waals surface area (Å²) >= 11 is 0. The van der Waals surface area contributed by atoms with Crippen LogP contribution in [0, 0.1) is 5.21 Å². The van der Waals surface area contributed by atoms with Crippen LogP contribution in [0.25, 0.3) is 22.2 Å². The molecule has 0 radical (unpaired) electrons. The maximum absolute atomic E-state index is 11.1. The van der Waals surface area contributed by atoms with Gasteiger partial charge in [-0.15, -0.1) is 0 Å². The summed E-state index contributed by atoms with van der Waals surface area (Å²) in [5, 5.41) is 14.8. The number of fused-ring (bicyclic) bond motifs is 1. The normalized spacial score (nSPS) is 10.8. The minimum atomic E-state index is 0.407. The summed E-state index contributed by atoms with van der Waals surface area (Å²) in [5.74, 6) is 0. The van der Waals surface area contributed by atoms with Crippen molar-refractivity contribution in [1.29, 1.82) is 0 Å². The predicted molar refractivity (Wildman–Crippen MR) is 58.4 cm³/mol. The molecular weight excluding hydrogens is 204 g/mol. The van der Waals surface area contributed by atoms with Gasteiger partial charge in [0.05, 0.1) is 0 Å². The molecule has 0 aliphatic heterocycles. The van der Waals surface area contributed by atoms with Crippen molar-refractivity contribution in [3.05, 3.63) is 53.7 Å². The standard InChI is InChI=1S/C12H8N2O2/c15-14-12-7-6-10(8-11(12)13-16-14)9-4-2-1-3-5-9/h1-8H. The van der Waals surface area contributed by atoms with Gasteiger partial charge in [-0.1, -0.05) is 30.3 Å². The fraction of sp³-hybridized carbons (Fsp3) is 0. The smallest absolute Gasteiger partial charge is 0.249 e. The molecule has 0 bridgehead atoms. The van der Waals surface area contributed by atoms with Crippen LogP contribution in [0.4, 0.5) is 0 Å². The van der Waals surface area contributed by atoms with E-state index in [0.717, 1.165) is 11.1 Å². The van der Waals surface area contributed by atoms with Crippen LogP contribution in [0.1, 0.15) is 0 Å². The molecule has 78 valence electrons. The van der Waals surface area contributed by atoms with Crippen molar-refractivity contribution < 1.29 is 9.53 Å². The maximum Gasteiger partial charge on any atom is 0.249 e. The summed E-state index contributed by atoms with van der Waals surface area (Å²) in [6.45, 7) is 0. The first-order valence-electron chi connectivity index (χ1n) is 4.89. The van der Waals surface area contributed by atoms with E-state index >= 15 is 0 Å². The quantitative estimate of drug-likeness (QED) is 0.580. The Labute approximate surface area is 91.3 Å². The van der Waals surface area contributed by atoms with Gasteiger partial charge in [-0.2, -0.15) is 0 Å². The molecule has 4 heteroatoms. The highest BCUT2D eigenvalue weighted by Gasteiger charge is 2.09. The zero-order valence-corrected chi connectivity index (χ0v) is 8.33. The van der Waals surface area contributed by atoms with Crippen molar-refractivity contribution in [3.8, 4) is 11.1 Å². The summed E-state index contributed by atoms with van der Waals surface area (Å²) in [5.41, 5.74) is 3.11. The Hall–Kier alpha value is -2.36. The van der Waals surface area contributed by atoms with E-state index in [-0.39, 0.29) is 0 Å². The molecule has 0 saturated heterocycles. The molecule has 3 aromatic rings. The minimum Gasteiger partial charge on any atom is -0.359 e. The summed E-state index contributed by atoms with van der Waals surface area (Å²) in [7, 11) is 0. The number of nitrogens with zero attached hydrogens (tertiary/aromatic N) is 2. The highest BCUT2D eigenvalue weighted by molar-refractivity contribution is 5.78. The van der Waals surface area contributed by atoms with Crippen molar-refractivity contribution in [2.45, 2.75) is 0 Å². The van der Waals surface area contributed by atoms with Gasteiger partial charge >= 0.3 is 0 Å². The Kier molecular flexibility index (Phi) is 1.86. The monoisotopic (exact) mass is 212 g/mol. The number of hydrogen-bond donors (Lipinski definition) is 0. The first-order chi connectivity index (χ1) is 7.84. The van der Waals surface area contributed by atoms with E-state index in [1.54, 1.807) is 6.07 Å². The second-order valence-electron chi connectivity index (χ2n) is 3.50. The lowest BCUT2D eigenvalue weighted by Gasteiger charge is -1.98. The molecule has 0 N–H and O–H groups in total. The molecule has 2 aromatic carbocycles. The molecule has 0 spiro atoms. The van der Waals surface area contributed by atoms with Crippen LogP contribution in [0.2, 0.25) is 0 Å². The summed E-state index contributed by atoms with van der Waals surface area (Å²) in [4.78, 5) is 0.407. The largest absolute Gasteiger partial charge is 0.359 e. The van der Waals surface area contributed by atoms with Gasteiger partial charge in [0.2, 0.25) is 11.0 Å². The van der Waals surface area contributed by atoms with Crippen molar-refractivity contribution in [2.75, 3.05) is 0 Å². The van der Waals surface area contributed by atoms with E-state index in [9.17, 15) is 5.21 Å². The van der Waals surface area contributed by atoms with Crippen LogP contribution in [0.5, 0.6) is 0 Å². The zero-order chi connectivity index (χ0) is 11.0. The van der Waals surface area contributed by atoms with Crippen molar-refractivity contribution in [1.82, 2.24) is 5.16 Å². The average molecular weight is 212 g/mol. The van der Waals surface area contributed by atoms with Crippen LogP contribution < -0.4 is 4.90 Å². The predicted octanol–water partition coefficient (Wildman–Crippen LogP) is 2.13. The lowest BCUT2D eigenvalue weighted by Crippen LogP contribution is -2.22. The zero-order valence-electron chi connectivity index (χ0n) is 8.33. The highest BCUT2D eigenvalue weighted by Crippen LogP contribution is 2.21. The summed E-state index contributed by atoms with van der Waals surface area (Å²) < 4.78 is 4.52. The van der Waals surface area contributed by atoms with Crippen LogP contribution in [0.3, 0.4) is 0 Å². The van der Waals surface area contributed by atoms with Crippen molar-refractivity contribution >= 4 is 11.0 Å². The molecule has 3 rings (SSSR count). The van der Waals surface area contributed by atoms with Gasteiger partial charge < -0.3 is 5.21 Å². The van der Waals surface area contributed by atoms with Crippen LogP contribution in [0.15, 0.2) is 53.2 Å². The Morgan fingerprint density at radius 3 is 2.62 bits per heavy atom. The molecular formula is C12H8N2O2. The average Bonchev–Trinajstić information content (AvgIpc) is 2.72.